The molecule has 3 atom stereocenters. The van der Waals surface area contributed by atoms with Crippen molar-refractivity contribution in [1.82, 2.24) is 34.4 Å². The molecular formula is C24H34N8O2. The summed E-state index contributed by atoms with van der Waals surface area (Å²) in [6.45, 7) is 14.0. The van der Waals surface area contributed by atoms with Crippen LogP contribution in [0.4, 0.5) is 5.82 Å². The average molecular weight is 467 g/mol. The minimum atomic E-state index is -0.423. The third-order valence-corrected chi connectivity index (χ3v) is 5.93. The van der Waals surface area contributed by atoms with Crippen molar-refractivity contribution >= 4 is 22.9 Å². The minimum Gasteiger partial charge on any atom is -0.372 e. The molecule has 3 aromatic heterocycles. The van der Waals surface area contributed by atoms with E-state index in [0.717, 1.165) is 11.4 Å². The Morgan fingerprint density at radius 2 is 1.82 bits per heavy atom. The van der Waals surface area contributed by atoms with E-state index in [4.69, 9.17) is 9.72 Å². The molecule has 1 fully saturated rings. The van der Waals surface area contributed by atoms with Gasteiger partial charge in [0, 0.05) is 32.0 Å². The predicted molar refractivity (Wildman–Crippen MR) is 130 cm³/mol. The van der Waals surface area contributed by atoms with Crippen LogP contribution in [0.5, 0.6) is 0 Å². The second kappa shape index (κ2) is 10.0. The number of rotatable bonds is 7. The third kappa shape index (κ3) is 5.01. The van der Waals surface area contributed by atoms with Crippen LogP contribution in [0.25, 0.3) is 22.6 Å². The fourth-order valence-electron chi connectivity index (χ4n) is 4.51. The number of ether oxygens (including phenoxy) is 1. The zero-order chi connectivity index (χ0) is 24.4. The van der Waals surface area contributed by atoms with Crippen LogP contribution in [0, 0.1) is 12.8 Å². The number of hydrogen-bond acceptors (Lipinski definition) is 8. The van der Waals surface area contributed by atoms with E-state index >= 15 is 0 Å². The number of imidazole rings is 1. The number of amides is 1. The van der Waals surface area contributed by atoms with Crippen molar-refractivity contribution in [2.45, 2.75) is 72.8 Å². The first-order valence-electron chi connectivity index (χ1n) is 12.0. The zero-order valence-corrected chi connectivity index (χ0v) is 20.8. The van der Waals surface area contributed by atoms with Gasteiger partial charge < -0.3 is 19.5 Å². The largest absolute Gasteiger partial charge is 0.372 e. The summed E-state index contributed by atoms with van der Waals surface area (Å²) >= 11 is 0. The van der Waals surface area contributed by atoms with Crippen molar-refractivity contribution in [2.24, 2.45) is 5.92 Å². The molecule has 0 aromatic carbocycles. The molecule has 1 aliphatic heterocycles. The van der Waals surface area contributed by atoms with E-state index in [-0.39, 0.29) is 18.1 Å². The molecule has 182 valence electrons. The lowest BCUT2D eigenvalue weighted by Crippen LogP contribution is -2.53. The number of carbonyl (C=O) groups is 1. The summed E-state index contributed by atoms with van der Waals surface area (Å²) in [6, 6.07) is -0.423. The summed E-state index contributed by atoms with van der Waals surface area (Å²) in [5, 5.41) is 3.42. The maximum absolute atomic E-state index is 13.6. The Hall–Kier alpha value is -3.14. The van der Waals surface area contributed by atoms with Crippen molar-refractivity contribution < 1.29 is 9.53 Å². The van der Waals surface area contributed by atoms with E-state index in [2.05, 4.69) is 39.1 Å². The molecule has 1 aliphatic rings. The summed E-state index contributed by atoms with van der Waals surface area (Å²) in [6.07, 6.45) is 5.75. The van der Waals surface area contributed by atoms with Gasteiger partial charge in [-0.25, -0.2) is 24.9 Å². The Morgan fingerprint density at radius 1 is 1.15 bits per heavy atom. The first-order chi connectivity index (χ1) is 16.3. The van der Waals surface area contributed by atoms with Crippen LogP contribution in [0.2, 0.25) is 0 Å². The van der Waals surface area contributed by atoms with Gasteiger partial charge in [-0.3, -0.25) is 4.79 Å². The summed E-state index contributed by atoms with van der Waals surface area (Å²) in [4.78, 5) is 37.9. The molecule has 1 saturated heterocycles. The molecule has 34 heavy (non-hydrogen) atoms. The lowest BCUT2D eigenvalue weighted by atomic mass is 10.0. The molecule has 0 radical (unpaired) electrons. The highest BCUT2D eigenvalue weighted by molar-refractivity contribution is 5.90. The molecule has 0 bridgehead atoms. The highest BCUT2D eigenvalue weighted by Gasteiger charge is 2.32. The van der Waals surface area contributed by atoms with Crippen LogP contribution in [-0.2, 0) is 16.1 Å². The number of morpholine rings is 1. The van der Waals surface area contributed by atoms with Crippen molar-refractivity contribution in [3.8, 4) is 11.4 Å². The van der Waals surface area contributed by atoms with E-state index in [9.17, 15) is 4.79 Å². The van der Waals surface area contributed by atoms with Gasteiger partial charge in [-0.2, -0.15) is 0 Å². The lowest BCUT2D eigenvalue weighted by Gasteiger charge is -2.37. The molecule has 0 aliphatic carbocycles. The highest BCUT2D eigenvalue weighted by Crippen LogP contribution is 2.27. The zero-order valence-electron chi connectivity index (χ0n) is 20.8. The van der Waals surface area contributed by atoms with E-state index in [1.54, 1.807) is 12.4 Å². The fourth-order valence-corrected chi connectivity index (χ4v) is 4.51. The standard InChI is InChI=1S/C24H34N8O2/c1-7-32-22(18-9-25-17(6)26-10-18)30-20-21(27-13-28-23(20)32)29-19(8-14(2)3)24(33)31-11-15(4)34-16(5)12-31/h9-10,13-16,19H,7-8,11-12H2,1-6H3,(H,27,28,29)/t15-,16+,19-/m1/s1. The predicted octanol–water partition coefficient (Wildman–Crippen LogP) is 3.07. The maximum Gasteiger partial charge on any atom is 0.245 e. The van der Waals surface area contributed by atoms with E-state index in [0.29, 0.717) is 54.8 Å². The Labute approximate surface area is 200 Å². The van der Waals surface area contributed by atoms with Crippen molar-refractivity contribution in [3.63, 3.8) is 0 Å². The third-order valence-electron chi connectivity index (χ3n) is 5.93. The van der Waals surface area contributed by atoms with Crippen LogP contribution in [0.1, 0.15) is 46.9 Å². The summed E-state index contributed by atoms with van der Waals surface area (Å²) < 4.78 is 7.84. The number of anilines is 1. The Balaban J connectivity index is 1.69. The van der Waals surface area contributed by atoms with Crippen LogP contribution in [-0.4, -0.2) is 71.6 Å². The van der Waals surface area contributed by atoms with Gasteiger partial charge in [0.1, 0.15) is 24.0 Å². The van der Waals surface area contributed by atoms with Crippen molar-refractivity contribution in [3.05, 3.63) is 24.5 Å². The topological polar surface area (TPSA) is 111 Å². The van der Waals surface area contributed by atoms with E-state index < -0.39 is 6.04 Å². The average Bonchev–Trinajstić information content (AvgIpc) is 3.17. The molecule has 10 heteroatoms. The number of aromatic nitrogens is 6. The fraction of sp³-hybridized carbons (Fsp3) is 0.583. The van der Waals surface area contributed by atoms with Crippen molar-refractivity contribution in [2.75, 3.05) is 18.4 Å². The Bertz CT molecular complexity index is 1130. The Kier molecular flexibility index (Phi) is 7.06. The van der Waals surface area contributed by atoms with Gasteiger partial charge in [0.15, 0.2) is 17.0 Å². The van der Waals surface area contributed by atoms with Gasteiger partial charge in [-0.1, -0.05) is 13.8 Å². The van der Waals surface area contributed by atoms with Gasteiger partial charge >= 0.3 is 0 Å². The number of hydrogen-bond donors (Lipinski definition) is 1. The highest BCUT2D eigenvalue weighted by atomic mass is 16.5. The molecule has 10 nitrogen and oxygen atoms in total. The van der Waals surface area contributed by atoms with Crippen LogP contribution >= 0.6 is 0 Å². The van der Waals surface area contributed by atoms with Crippen LogP contribution in [0.15, 0.2) is 18.7 Å². The van der Waals surface area contributed by atoms with Crippen LogP contribution in [0.3, 0.4) is 0 Å². The molecule has 4 rings (SSSR count). The molecule has 0 unspecified atom stereocenters. The first-order valence-corrected chi connectivity index (χ1v) is 12.0. The number of aryl methyl sites for hydroxylation is 2. The van der Waals surface area contributed by atoms with Crippen LogP contribution < -0.4 is 5.32 Å². The molecule has 0 saturated carbocycles. The van der Waals surface area contributed by atoms with E-state index in [1.165, 1.54) is 6.33 Å². The van der Waals surface area contributed by atoms with E-state index in [1.807, 2.05) is 37.2 Å². The van der Waals surface area contributed by atoms with Gasteiger partial charge in [0.05, 0.1) is 17.8 Å². The molecule has 1 N–H and O–H groups in total. The summed E-state index contributed by atoms with van der Waals surface area (Å²) in [5.41, 5.74) is 2.15. The summed E-state index contributed by atoms with van der Waals surface area (Å²) in [7, 11) is 0. The minimum absolute atomic E-state index is 0.0118. The number of fused-ring (bicyclic) bond motifs is 1. The first kappa shape index (κ1) is 24.0. The van der Waals surface area contributed by atoms with Gasteiger partial charge in [-0.05, 0) is 40.0 Å². The normalized spacial score (nSPS) is 19.6. The summed E-state index contributed by atoms with van der Waals surface area (Å²) in [5.74, 6) is 2.36. The molecule has 0 spiro atoms. The Morgan fingerprint density at radius 3 is 2.44 bits per heavy atom. The molecular weight excluding hydrogens is 432 g/mol. The van der Waals surface area contributed by atoms with Gasteiger partial charge in [-0.15, -0.1) is 0 Å². The molecule has 4 heterocycles. The van der Waals surface area contributed by atoms with Crippen molar-refractivity contribution in [1.29, 1.82) is 0 Å². The van der Waals surface area contributed by atoms with Gasteiger partial charge in [0.25, 0.3) is 0 Å². The second-order valence-corrected chi connectivity index (χ2v) is 9.42. The number of nitrogens with one attached hydrogen (secondary N) is 1. The smallest absolute Gasteiger partial charge is 0.245 e. The lowest BCUT2D eigenvalue weighted by molar-refractivity contribution is -0.144. The number of carbonyl (C=O) groups excluding carboxylic acids is 1. The molecule has 1 amide bonds. The monoisotopic (exact) mass is 466 g/mol. The molecule has 3 aromatic rings. The SMILES string of the molecule is CCn1c(-c2cnc(C)nc2)nc2c(N[C@H](CC(C)C)C(=O)N3C[C@@H](C)O[C@@H](C)C3)ncnc21. The maximum atomic E-state index is 13.6. The van der Waals surface area contributed by atoms with Gasteiger partial charge in [0.2, 0.25) is 5.91 Å². The number of nitrogens with zero attached hydrogens (tertiary/aromatic N) is 7. The second-order valence-electron chi connectivity index (χ2n) is 9.42. The quantitative estimate of drug-likeness (QED) is 0.566.